The molecule has 0 aliphatic heterocycles. The third-order valence-electron chi connectivity index (χ3n) is 27.4. The molecule has 17 aromatic carbocycles. The molecule has 614 valence electrons. The van der Waals surface area contributed by atoms with Gasteiger partial charge in [-0.3, -0.25) is 19.9 Å². The smallest absolute Gasteiger partial charge is 0.0725 e. The number of hydrogen-bond donors (Lipinski definition) is 0. The maximum Gasteiger partial charge on any atom is 0.0725 e. The van der Waals surface area contributed by atoms with Crippen LogP contribution in [-0.2, 0) is 10.8 Å². The molecule has 5 heterocycles. The number of pyridine rings is 4. The van der Waals surface area contributed by atoms with E-state index in [4.69, 9.17) is 0 Å². The summed E-state index contributed by atoms with van der Waals surface area (Å²) in [5, 5.41) is 2.51. The van der Waals surface area contributed by atoms with Crippen LogP contribution in [-0.4, -0.2) is 24.5 Å². The van der Waals surface area contributed by atoms with Gasteiger partial charge in [-0.2, -0.15) is 0 Å². The second-order valence-corrected chi connectivity index (χ2v) is 35.2. The first-order valence-electron chi connectivity index (χ1n) is 45.0. The normalized spacial score (nSPS) is 12.6. The minimum atomic E-state index is -0.424. The van der Waals surface area contributed by atoms with E-state index in [1.54, 1.807) is 0 Å². The van der Waals surface area contributed by atoms with E-state index in [1.807, 2.05) is 73.8 Å². The van der Waals surface area contributed by atoms with Crippen molar-refractivity contribution in [1.29, 1.82) is 0 Å². The van der Waals surface area contributed by atoms with Gasteiger partial charge in [0.25, 0.3) is 0 Å². The lowest BCUT2D eigenvalue weighted by molar-refractivity contribution is 0.661. The summed E-state index contributed by atoms with van der Waals surface area (Å²) in [4.78, 5) is 17.6. The van der Waals surface area contributed by atoms with Gasteiger partial charge in [0, 0.05) is 93.7 Å². The van der Waals surface area contributed by atoms with Crippen LogP contribution in [0.25, 0.3) is 206 Å². The van der Waals surface area contributed by atoms with E-state index in [2.05, 4.69) is 445 Å². The molecule has 0 saturated carbocycles. The molecule has 0 atom stereocenters. The lowest BCUT2D eigenvalue weighted by Gasteiger charge is -2.30. The van der Waals surface area contributed by atoms with Crippen LogP contribution in [0.5, 0.6) is 0 Å². The van der Waals surface area contributed by atoms with Crippen molar-refractivity contribution in [2.24, 2.45) is 0 Å². The first kappa shape index (κ1) is 77.7. The third kappa shape index (κ3) is 13.6. The van der Waals surface area contributed by atoms with Gasteiger partial charge in [-0.1, -0.05) is 317 Å². The van der Waals surface area contributed by atoms with Gasteiger partial charge in [0.2, 0.25) is 0 Å². The highest BCUT2D eigenvalue weighted by Gasteiger charge is 2.52. The second-order valence-electron chi connectivity index (χ2n) is 35.2. The van der Waals surface area contributed by atoms with Crippen LogP contribution in [0.3, 0.4) is 0 Å². The van der Waals surface area contributed by atoms with Gasteiger partial charge in [0.1, 0.15) is 0 Å². The van der Waals surface area contributed by atoms with Crippen LogP contribution in [0, 0.1) is 0 Å². The molecule has 0 bridgehead atoms. The van der Waals surface area contributed by atoms with E-state index in [9.17, 15) is 0 Å². The molecule has 5 nitrogen and oxygen atoms in total. The van der Waals surface area contributed by atoms with Gasteiger partial charge in [0.05, 0.1) is 16.4 Å². The van der Waals surface area contributed by atoms with E-state index < -0.39 is 5.41 Å². The number of rotatable bonds is 14. The summed E-state index contributed by atoms with van der Waals surface area (Å²) >= 11 is 0. The van der Waals surface area contributed by atoms with Crippen molar-refractivity contribution in [2.75, 3.05) is 0 Å². The van der Waals surface area contributed by atoms with Gasteiger partial charge in [0.15, 0.2) is 0 Å². The predicted molar refractivity (Wildman–Crippen MR) is 543 cm³/mol. The molecule has 131 heavy (non-hydrogen) atoms. The number of benzene rings is 17. The summed E-state index contributed by atoms with van der Waals surface area (Å²) in [7, 11) is 0. The summed E-state index contributed by atoms with van der Waals surface area (Å²) in [5.74, 6) is 0. The maximum absolute atomic E-state index is 4.40. The lowest BCUT2D eigenvalue weighted by atomic mass is 9.70. The maximum atomic E-state index is 4.40. The van der Waals surface area contributed by atoms with Crippen molar-refractivity contribution < 1.29 is 0 Å². The number of para-hydroxylation sites is 1. The van der Waals surface area contributed by atoms with Gasteiger partial charge in [-0.05, 0) is 317 Å². The molecule has 0 radical (unpaired) electrons. The SMILES string of the molecule is CC1(C)c2ccccc2-c2cc3c4ccccc4n(-c4cc(-c5cccc(-c6cccc(-c7cccnc7)c6)c5)cc(-c5cccc(-c6cccc(-c7cccnc7)c6)c5)c4)c3cc21.c1cncc(-c2cccc(-c3cccc(-c4cc(-c5cccc(-c6cccc(-c7cccnc7)c6)c5)cc(-c5cccc6c5-c5ccccc5C65c6ccccc6-c6ccccc65)c4)c3)c2)c1. The Kier molecular flexibility index (Phi) is 19.1. The van der Waals surface area contributed by atoms with E-state index >= 15 is 0 Å². The molecule has 0 unspecified atom stereocenters. The summed E-state index contributed by atoms with van der Waals surface area (Å²) in [5.41, 5.74) is 49.0. The summed E-state index contributed by atoms with van der Waals surface area (Å²) in [6.45, 7) is 4.74. The highest BCUT2D eigenvalue weighted by Crippen LogP contribution is 2.64. The second kappa shape index (κ2) is 32.2. The third-order valence-corrected chi connectivity index (χ3v) is 27.4. The van der Waals surface area contributed by atoms with Crippen molar-refractivity contribution in [3.63, 3.8) is 0 Å². The van der Waals surface area contributed by atoms with E-state index in [0.29, 0.717) is 0 Å². The van der Waals surface area contributed by atoms with Gasteiger partial charge < -0.3 is 4.57 Å². The fourth-order valence-corrected chi connectivity index (χ4v) is 21.2. The first-order chi connectivity index (χ1) is 64.7. The zero-order valence-corrected chi connectivity index (χ0v) is 72.3. The molecule has 0 N–H and O–H groups in total. The van der Waals surface area contributed by atoms with Crippen LogP contribution in [0.15, 0.2) is 480 Å². The van der Waals surface area contributed by atoms with Crippen molar-refractivity contribution in [2.45, 2.75) is 24.7 Å². The van der Waals surface area contributed by atoms with Crippen LogP contribution in [0.1, 0.15) is 47.2 Å². The number of hydrogen-bond acceptors (Lipinski definition) is 4. The summed E-state index contributed by atoms with van der Waals surface area (Å²) < 4.78 is 2.50. The van der Waals surface area contributed by atoms with Gasteiger partial charge in [-0.25, -0.2) is 0 Å². The molecule has 3 aliphatic carbocycles. The lowest BCUT2D eigenvalue weighted by Crippen LogP contribution is -2.25. The Morgan fingerprint density at radius 2 is 0.450 bits per heavy atom. The highest BCUT2D eigenvalue weighted by atomic mass is 15.0. The van der Waals surface area contributed by atoms with Gasteiger partial charge >= 0.3 is 0 Å². The Morgan fingerprint density at radius 1 is 0.176 bits per heavy atom. The van der Waals surface area contributed by atoms with Crippen LogP contribution in [0.4, 0.5) is 0 Å². The van der Waals surface area contributed by atoms with Crippen molar-refractivity contribution >= 4 is 21.8 Å². The van der Waals surface area contributed by atoms with Gasteiger partial charge in [-0.15, -0.1) is 0 Å². The number of aromatic nitrogens is 5. The van der Waals surface area contributed by atoms with Crippen molar-refractivity contribution in [1.82, 2.24) is 24.5 Å². The Bertz CT molecular complexity index is 7910. The zero-order valence-electron chi connectivity index (χ0n) is 72.3. The van der Waals surface area contributed by atoms with E-state index in [0.717, 1.165) is 94.7 Å². The van der Waals surface area contributed by atoms with E-state index in [1.165, 1.54) is 144 Å². The summed E-state index contributed by atoms with van der Waals surface area (Å²) in [6.07, 6.45) is 15.0. The molecule has 22 aromatic rings. The van der Waals surface area contributed by atoms with Crippen molar-refractivity contribution in [3.05, 3.63) is 514 Å². The molecular weight excluding hydrogens is 1580 g/mol. The van der Waals surface area contributed by atoms with Crippen LogP contribution in [0.2, 0.25) is 0 Å². The van der Waals surface area contributed by atoms with Crippen molar-refractivity contribution in [3.8, 4) is 184 Å². The Hall–Kier alpha value is -16.9. The average molecular weight is 1670 g/mol. The molecule has 3 aliphatic rings. The fourth-order valence-electron chi connectivity index (χ4n) is 21.2. The highest BCUT2D eigenvalue weighted by molar-refractivity contribution is 6.12. The quantitative estimate of drug-likeness (QED) is 0.109. The summed E-state index contributed by atoms with van der Waals surface area (Å²) in [6, 6.07) is 159. The average Bonchev–Trinajstić information content (AvgIpc) is 1.50. The van der Waals surface area contributed by atoms with Crippen LogP contribution < -0.4 is 0 Å². The molecule has 0 fully saturated rings. The Balaban J connectivity index is 0.000000145. The first-order valence-corrected chi connectivity index (χ1v) is 45.0. The minimum absolute atomic E-state index is 0.127. The molecule has 0 amide bonds. The van der Waals surface area contributed by atoms with Crippen LogP contribution >= 0.6 is 0 Å². The van der Waals surface area contributed by atoms with E-state index in [-0.39, 0.29) is 5.41 Å². The molecular formula is C126H85N5. The zero-order chi connectivity index (χ0) is 87.1. The topological polar surface area (TPSA) is 56.5 Å². The Labute approximate surface area is 763 Å². The molecule has 5 aromatic heterocycles. The monoisotopic (exact) mass is 1670 g/mol. The largest absolute Gasteiger partial charge is 0.309 e. The molecule has 1 spiro atoms. The minimum Gasteiger partial charge on any atom is -0.309 e. The molecule has 25 rings (SSSR count). The molecule has 5 heteroatoms. The predicted octanol–water partition coefficient (Wildman–Crippen LogP) is 32.4. The standard InChI is InChI=1S/C65H42N2.C61H43N3/c1-4-28-60-57(24-1)58-25-2-5-29-61(58)65(60)62-30-6-3-26-59(62)64-56(27-11-31-63(64)65)55-39-53(49-20-9-16-45(36-49)43-14-7-18-47(34-43)51-22-12-32-66-41-51)38-54(40-55)50-21-10-17-46(37-50)44-15-8-19-48(35-44)52-23-13-33-67-42-52;1-61(2)57-25-5-3-23-53(57)55-36-56-54-24-4-6-26-59(54)64(60(56)37-58(55)61)52-34-50(46-19-9-15-42(31-46)40-13-7-17-44(29-40)48-21-11-27-62-38-48)33-51(35-52)47-20-10-16-43(32-47)41-14-8-18-45(30-41)49-22-12-28-63-39-49/h1-42H;3-39H,1-2H3. The number of fused-ring (bicyclic) bond motifs is 16. The fraction of sp³-hybridized carbons (Fsp3) is 0.0317. The molecule has 0 saturated heterocycles. The Morgan fingerprint density at radius 3 is 0.832 bits per heavy atom. The number of nitrogens with zero attached hydrogens (tertiary/aromatic N) is 5.